The molecular formula is C18H32O16. The van der Waals surface area contributed by atoms with Gasteiger partial charge < -0.3 is 79.9 Å². The highest BCUT2D eigenvalue weighted by molar-refractivity contribution is 4.97. The number of aliphatic hydroxyl groups excluding tert-OH is 11. The Morgan fingerprint density at radius 1 is 0.588 bits per heavy atom. The Balaban J connectivity index is 1.72. The van der Waals surface area contributed by atoms with Gasteiger partial charge in [0.05, 0.1) is 19.8 Å². The molecular weight excluding hydrogens is 472 g/mol. The molecule has 0 aromatic carbocycles. The third-order valence-corrected chi connectivity index (χ3v) is 6.04. The SMILES string of the molecule is OC[C@@H](O)[C@@H]1O[C@@H](O[C@H]2[C@@H](O)[C@H](O[C@@H]3O[C@@H]([C@H](O)CO)[C@H](O)[C@H]3O)[C@@H](CO)O[C@H]2O)[C@H](O)[C@H]1O. The van der Waals surface area contributed by atoms with Gasteiger partial charge >= 0.3 is 0 Å². The van der Waals surface area contributed by atoms with Gasteiger partial charge in [0.2, 0.25) is 0 Å². The first-order valence-electron chi connectivity index (χ1n) is 10.6. The van der Waals surface area contributed by atoms with Crippen LogP contribution in [0.15, 0.2) is 0 Å². The molecule has 0 saturated carbocycles. The lowest BCUT2D eigenvalue weighted by Crippen LogP contribution is -2.62. The third kappa shape index (κ3) is 5.37. The van der Waals surface area contributed by atoms with Crippen LogP contribution in [0.25, 0.3) is 0 Å². The summed E-state index contributed by atoms with van der Waals surface area (Å²) in [6.07, 6.45) is -24.6. The van der Waals surface area contributed by atoms with E-state index < -0.39 is 112 Å². The maximum Gasteiger partial charge on any atom is 0.187 e. The van der Waals surface area contributed by atoms with Gasteiger partial charge in [0, 0.05) is 0 Å². The van der Waals surface area contributed by atoms with Gasteiger partial charge in [-0.15, -0.1) is 0 Å². The number of hydrogen-bond donors (Lipinski definition) is 11. The second kappa shape index (κ2) is 11.6. The molecule has 3 saturated heterocycles. The van der Waals surface area contributed by atoms with Crippen molar-refractivity contribution in [2.45, 2.75) is 92.1 Å². The maximum atomic E-state index is 10.8. The van der Waals surface area contributed by atoms with E-state index in [0.717, 1.165) is 0 Å². The quantitative estimate of drug-likeness (QED) is 0.139. The van der Waals surface area contributed by atoms with Crippen LogP contribution in [0, 0.1) is 0 Å². The summed E-state index contributed by atoms with van der Waals surface area (Å²) in [6, 6.07) is 0. The van der Waals surface area contributed by atoms with E-state index in [4.69, 9.17) is 33.9 Å². The molecule has 0 aromatic rings. The molecule has 0 aliphatic carbocycles. The molecule has 3 rings (SSSR count). The number of aliphatic hydroxyl groups is 11. The number of ether oxygens (including phenoxy) is 5. The zero-order chi connectivity index (χ0) is 25.3. The second-order valence-electron chi connectivity index (χ2n) is 8.34. The van der Waals surface area contributed by atoms with E-state index in [2.05, 4.69) is 0 Å². The highest BCUT2D eigenvalue weighted by atomic mass is 16.8. The molecule has 16 nitrogen and oxygen atoms in total. The first-order chi connectivity index (χ1) is 16.0. The molecule has 0 radical (unpaired) electrons. The van der Waals surface area contributed by atoms with Crippen LogP contribution in [0.1, 0.15) is 0 Å². The van der Waals surface area contributed by atoms with Crippen molar-refractivity contribution in [2.24, 2.45) is 0 Å². The molecule has 200 valence electrons. The van der Waals surface area contributed by atoms with Crippen LogP contribution in [0.5, 0.6) is 0 Å². The lowest BCUT2D eigenvalue weighted by molar-refractivity contribution is -0.348. The Morgan fingerprint density at radius 2 is 1.03 bits per heavy atom. The van der Waals surface area contributed by atoms with Crippen molar-refractivity contribution in [3.05, 3.63) is 0 Å². The zero-order valence-electron chi connectivity index (χ0n) is 17.7. The predicted molar refractivity (Wildman–Crippen MR) is 101 cm³/mol. The van der Waals surface area contributed by atoms with Gasteiger partial charge in [-0.3, -0.25) is 0 Å². The van der Waals surface area contributed by atoms with Crippen LogP contribution in [0.2, 0.25) is 0 Å². The van der Waals surface area contributed by atoms with Gasteiger partial charge in [-0.2, -0.15) is 0 Å². The Bertz CT molecular complexity index is 641. The van der Waals surface area contributed by atoms with E-state index in [0.29, 0.717) is 0 Å². The van der Waals surface area contributed by atoms with Crippen molar-refractivity contribution >= 4 is 0 Å². The molecule has 0 bridgehead atoms. The average molecular weight is 504 g/mol. The van der Waals surface area contributed by atoms with Crippen LogP contribution < -0.4 is 0 Å². The van der Waals surface area contributed by atoms with Crippen molar-refractivity contribution in [3.63, 3.8) is 0 Å². The predicted octanol–water partition coefficient (Wildman–Crippen LogP) is -7.57. The molecule has 0 spiro atoms. The van der Waals surface area contributed by atoms with E-state index >= 15 is 0 Å². The van der Waals surface area contributed by atoms with Gasteiger partial charge in [-0.25, -0.2) is 0 Å². The minimum Gasteiger partial charge on any atom is -0.394 e. The van der Waals surface area contributed by atoms with E-state index in [1.807, 2.05) is 0 Å². The molecule has 0 unspecified atom stereocenters. The van der Waals surface area contributed by atoms with Crippen molar-refractivity contribution in [3.8, 4) is 0 Å². The molecule has 16 heteroatoms. The van der Waals surface area contributed by atoms with E-state index in [1.165, 1.54) is 0 Å². The summed E-state index contributed by atoms with van der Waals surface area (Å²) in [5, 5.41) is 109. The Labute approximate surface area is 192 Å². The van der Waals surface area contributed by atoms with Gasteiger partial charge in [0.25, 0.3) is 0 Å². The number of hydrogen-bond acceptors (Lipinski definition) is 16. The van der Waals surface area contributed by atoms with E-state index in [9.17, 15) is 46.0 Å². The summed E-state index contributed by atoms with van der Waals surface area (Å²) in [4.78, 5) is 0. The average Bonchev–Trinajstić information content (AvgIpc) is 3.27. The van der Waals surface area contributed by atoms with Gasteiger partial charge in [0.1, 0.15) is 73.2 Å². The first kappa shape index (κ1) is 27.9. The lowest BCUT2D eigenvalue weighted by atomic mass is 9.98. The molecule has 0 aromatic heterocycles. The molecule has 11 N–H and O–H groups in total. The fraction of sp³-hybridized carbons (Fsp3) is 1.00. The largest absolute Gasteiger partial charge is 0.394 e. The van der Waals surface area contributed by atoms with Crippen LogP contribution >= 0.6 is 0 Å². The second-order valence-corrected chi connectivity index (χ2v) is 8.34. The van der Waals surface area contributed by atoms with Gasteiger partial charge in [-0.05, 0) is 0 Å². The summed E-state index contributed by atoms with van der Waals surface area (Å²) in [7, 11) is 0. The summed E-state index contributed by atoms with van der Waals surface area (Å²) in [5.74, 6) is 0. The highest BCUT2D eigenvalue weighted by Crippen LogP contribution is 2.33. The highest BCUT2D eigenvalue weighted by Gasteiger charge is 2.54. The Morgan fingerprint density at radius 3 is 1.44 bits per heavy atom. The normalized spacial score (nSPS) is 49.3. The topological polar surface area (TPSA) is 269 Å². The third-order valence-electron chi connectivity index (χ3n) is 6.04. The minimum absolute atomic E-state index is 0.786. The van der Waals surface area contributed by atoms with Crippen molar-refractivity contribution in [2.75, 3.05) is 19.8 Å². The van der Waals surface area contributed by atoms with Crippen molar-refractivity contribution in [1.29, 1.82) is 0 Å². The summed E-state index contributed by atoms with van der Waals surface area (Å²) in [6.45, 7) is -2.38. The molecule has 3 fully saturated rings. The lowest BCUT2D eigenvalue weighted by Gasteiger charge is -2.43. The summed E-state index contributed by atoms with van der Waals surface area (Å²) < 4.78 is 26.4. The molecule has 34 heavy (non-hydrogen) atoms. The standard InChI is InChI=1S/C18H32O16/c19-1-4(22)12-7(24)9(26)17(31-12)33-14-6(3-21)30-16(29)15(11(14)28)34-18-10(27)8(25)13(32-18)5(23)2-20/h4-29H,1-3H2/t4-,5-,6-,7-,8-,9-,10-,11+,12+,13+,14-,15+,16-,17+,18+/m1/s1. The summed E-state index contributed by atoms with van der Waals surface area (Å²) >= 11 is 0. The Hall–Kier alpha value is -0.640. The molecule has 0 amide bonds. The first-order valence-corrected chi connectivity index (χ1v) is 10.6. The molecule has 3 aliphatic heterocycles. The molecule has 15 atom stereocenters. The van der Waals surface area contributed by atoms with Gasteiger partial charge in [-0.1, -0.05) is 0 Å². The van der Waals surface area contributed by atoms with Crippen LogP contribution in [0.4, 0.5) is 0 Å². The summed E-state index contributed by atoms with van der Waals surface area (Å²) in [5.41, 5.74) is 0. The van der Waals surface area contributed by atoms with Crippen LogP contribution in [-0.2, 0) is 23.7 Å². The fourth-order valence-electron chi connectivity index (χ4n) is 4.09. The van der Waals surface area contributed by atoms with E-state index in [1.54, 1.807) is 0 Å². The van der Waals surface area contributed by atoms with E-state index in [-0.39, 0.29) is 0 Å². The number of rotatable bonds is 9. The smallest absolute Gasteiger partial charge is 0.187 e. The monoisotopic (exact) mass is 504 g/mol. The van der Waals surface area contributed by atoms with Crippen molar-refractivity contribution < 1.29 is 79.9 Å². The maximum absolute atomic E-state index is 10.8. The van der Waals surface area contributed by atoms with Crippen LogP contribution in [-0.4, -0.2) is 168 Å². The van der Waals surface area contributed by atoms with Crippen molar-refractivity contribution in [1.82, 2.24) is 0 Å². The van der Waals surface area contributed by atoms with Gasteiger partial charge in [0.15, 0.2) is 18.9 Å². The van der Waals surface area contributed by atoms with Crippen LogP contribution in [0.3, 0.4) is 0 Å². The fourth-order valence-corrected chi connectivity index (χ4v) is 4.09. The molecule has 3 heterocycles. The Kier molecular flexibility index (Phi) is 9.54. The zero-order valence-corrected chi connectivity index (χ0v) is 17.7. The minimum atomic E-state index is -1.90. The molecule has 3 aliphatic rings.